The Morgan fingerprint density at radius 1 is 1.44 bits per heavy atom. The Morgan fingerprint density at radius 2 is 2.11 bits per heavy atom. The predicted octanol–water partition coefficient (Wildman–Crippen LogP) is 1.61. The summed E-state index contributed by atoms with van der Waals surface area (Å²) in [5.41, 5.74) is 7.88. The SMILES string of the molecule is CSc1cccc(N2CCS(=O)CC2)c1C(N)=S. The largest absolute Gasteiger partial charge is 0.389 e. The lowest BCUT2D eigenvalue weighted by molar-refractivity contribution is 0.673. The Kier molecular flexibility index (Phi) is 4.64. The lowest BCUT2D eigenvalue weighted by Crippen LogP contribution is -2.38. The van der Waals surface area contributed by atoms with Crippen molar-refractivity contribution in [1.29, 1.82) is 0 Å². The van der Waals surface area contributed by atoms with Crippen LogP contribution >= 0.6 is 24.0 Å². The number of rotatable bonds is 3. The number of hydrogen-bond acceptors (Lipinski definition) is 4. The highest BCUT2D eigenvalue weighted by molar-refractivity contribution is 7.98. The molecule has 18 heavy (non-hydrogen) atoms. The molecule has 0 aromatic heterocycles. The van der Waals surface area contributed by atoms with Crippen molar-refractivity contribution in [2.75, 3.05) is 35.8 Å². The fourth-order valence-corrected chi connectivity index (χ4v) is 4.04. The van der Waals surface area contributed by atoms with Crippen LogP contribution in [0.2, 0.25) is 0 Å². The number of thioether (sulfide) groups is 1. The Bertz CT molecular complexity index is 480. The normalized spacial score (nSPS) is 16.8. The summed E-state index contributed by atoms with van der Waals surface area (Å²) in [4.78, 5) is 3.77. The van der Waals surface area contributed by atoms with Crippen molar-refractivity contribution in [3.63, 3.8) is 0 Å². The van der Waals surface area contributed by atoms with Gasteiger partial charge in [-0.3, -0.25) is 4.21 Å². The van der Waals surface area contributed by atoms with Crippen LogP contribution in [0.15, 0.2) is 23.1 Å². The van der Waals surface area contributed by atoms with Crippen molar-refractivity contribution in [3.8, 4) is 0 Å². The molecule has 2 N–H and O–H groups in total. The van der Waals surface area contributed by atoms with E-state index in [1.165, 1.54) is 0 Å². The summed E-state index contributed by atoms with van der Waals surface area (Å²) in [7, 11) is -0.670. The predicted molar refractivity (Wildman–Crippen MR) is 84.2 cm³/mol. The van der Waals surface area contributed by atoms with Crippen LogP contribution in [0.25, 0.3) is 0 Å². The van der Waals surface area contributed by atoms with Gasteiger partial charge in [-0.15, -0.1) is 11.8 Å². The number of nitrogens with zero attached hydrogens (tertiary/aromatic N) is 1. The molecule has 3 nitrogen and oxygen atoms in total. The molecular formula is C12H16N2OS3. The number of thiocarbonyl (C=S) groups is 1. The van der Waals surface area contributed by atoms with Crippen LogP contribution in [0.5, 0.6) is 0 Å². The zero-order valence-corrected chi connectivity index (χ0v) is 12.7. The van der Waals surface area contributed by atoms with Gasteiger partial charge >= 0.3 is 0 Å². The highest BCUT2D eigenvalue weighted by atomic mass is 32.2. The molecular weight excluding hydrogens is 284 g/mol. The fourth-order valence-electron chi connectivity index (χ4n) is 2.08. The summed E-state index contributed by atoms with van der Waals surface area (Å²) < 4.78 is 11.4. The van der Waals surface area contributed by atoms with E-state index in [0.29, 0.717) is 4.99 Å². The first kappa shape index (κ1) is 13.8. The Labute approximate surface area is 120 Å². The van der Waals surface area contributed by atoms with Crippen molar-refractivity contribution in [3.05, 3.63) is 23.8 Å². The average molecular weight is 300 g/mol. The molecule has 1 aromatic carbocycles. The summed E-state index contributed by atoms with van der Waals surface area (Å²) in [6, 6.07) is 6.10. The van der Waals surface area contributed by atoms with Gasteiger partial charge in [0.2, 0.25) is 0 Å². The zero-order valence-electron chi connectivity index (χ0n) is 10.2. The lowest BCUT2D eigenvalue weighted by atomic mass is 10.1. The standard InChI is InChI=1S/C12H16N2OS3/c1-17-10-4-2-3-9(11(10)12(13)16)14-5-7-18(15)8-6-14/h2-4H,5-8H2,1H3,(H2,13,16). The highest BCUT2D eigenvalue weighted by Gasteiger charge is 2.20. The molecule has 0 spiro atoms. The van der Waals surface area contributed by atoms with Gasteiger partial charge in [-0.05, 0) is 18.4 Å². The second-order valence-corrected chi connectivity index (χ2v) is 7.04. The Morgan fingerprint density at radius 3 is 2.67 bits per heavy atom. The number of anilines is 1. The van der Waals surface area contributed by atoms with Gasteiger partial charge in [-0.2, -0.15) is 0 Å². The second kappa shape index (κ2) is 6.04. The van der Waals surface area contributed by atoms with E-state index in [1.54, 1.807) is 11.8 Å². The quantitative estimate of drug-likeness (QED) is 0.679. The van der Waals surface area contributed by atoms with E-state index in [9.17, 15) is 4.21 Å². The summed E-state index contributed by atoms with van der Waals surface area (Å²) in [5.74, 6) is 1.44. The zero-order chi connectivity index (χ0) is 13.1. The lowest BCUT2D eigenvalue weighted by Gasteiger charge is -2.30. The number of hydrogen-bond donors (Lipinski definition) is 1. The minimum Gasteiger partial charge on any atom is -0.389 e. The first-order chi connectivity index (χ1) is 8.63. The second-order valence-electron chi connectivity index (χ2n) is 4.05. The molecule has 0 radical (unpaired) electrons. The summed E-state index contributed by atoms with van der Waals surface area (Å²) in [5, 5.41) is 0. The van der Waals surface area contributed by atoms with Crippen LogP contribution in [0, 0.1) is 0 Å². The molecule has 0 unspecified atom stereocenters. The molecule has 0 amide bonds. The molecule has 1 saturated heterocycles. The van der Waals surface area contributed by atoms with E-state index in [-0.39, 0.29) is 0 Å². The summed E-state index contributed by atoms with van der Waals surface area (Å²) in [6.45, 7) is 1.61. The van der Waals surface area contributed by atoms with Gasteiger partial charge < -0.3 is 10.6 Å². The molecule has 1 aliphatic rings. The summed E-state index contributed by atoms with van der Waals surface area (Å²) in [6.07, 6.45) is 2.02. The molecule has 1 fully saturated rings. The van der Waals surface area contributed by atoms with Gasteiger partial charge in [-0.1, -0.05) is 18.3 Å². The van der Waals surface area contributed by atoms with Crippen LogP contribution in [0.4, 0.5) is 5.69 Å². The number of benzene rings is 1. The van der Waals surface area contributed by atoms with Gasteiger partial charge in [-0.25, -0.2) is 0 Å². The minimum atomic E-state index is -0.670. The van der Waals surface area contributed by atoms with E-state index < -0.39 is 10.8 Å². The van der Waals surface area contributed by atoms with Crippen LogP contribution in [-0.4, -0.2) is 40.0 Å². The van der Waals surface area contributed by atoms with Gasteiger partial charge in [0.05, 0.1) is 0 Å². The van der Waals surface area contributed by atoms with Gasteiger partial charge in [0.15, 0.2) is 0 Å². The third-order valence-electron chi connectivity index (χ3n) is 2.99. The van der Waals surface area contributed by atoms with E-state index in [1.807, 2.05) is 24.5 Å². The van der Waals surface area contributed by atoms with Crippen LogP contribution in [-0.2, 0) is 10.8 Å². The van der Waals surface area contributed by atoms with E-state index in [0.717, 1.165) is 40.7 Å². The first-order valence-electron chi connectivity index (χ1n) is 5.70. The Hall–Kier alpha value is -0.590. The average Bonchev–Trinajstić information content (AvgIpc) is 2.38. The third kappa shape index (κ3) is 2.87. The minimum absolute atomic E-state index is 0.432. The molecule has 0 saturated carbocycles. The molecule has 1 heterocycles. The first-order valence-corrected chi connectivity index (χ1v) is 8.82. The van der Waals surface area contributed by atoms with E-state index in [4.69, 9.17) is 18.0 Å². The molecule has 0 atom stereocenters. The van der Waals surface area contributed by atoms with Crippen molar-refractivity contribution >= 4 is 45.5 Å². The maximum Gasteiger partial charge on any atom is 0.107 e. The van der Waals surface area contributed by atoms with Crippen molar-refractivity contribution in [2.45, 2.75) is 4.90 Å². The maximum atomic E-state index is 11.4. The monoisotopic (exact) mass is 300 g/mol. The van der Waals surface area contributed by atoms with Crippen LogP contribution < -0.4 is 10.6 Å². The van der Waals surface area contributed by atoms with Gasteiger partial charge in [0.1, 0.15) is 4.99 Å². The topological polar surface area (TPSA) is 46.3 Å². The molecule has 0 aliphatic carbocycles. The van der Waals surface area contributed by atoms with Gasteiger partial charge in [0, 0.05) is 51.5 Å². The molecule has 98 valence electrons. The highest BCUT2D eigenvalue weighted by Crippen LogP contribution is 2.30. The molecule has 2 rings (SSSR count). The van der Waals surface area contributed by atoms with E-state index >= 15 is 0 Å². The van der Waals surface area contributed by atoms with Crippen LogP contribution in [0.1, 0.15) is 5.56 Å². The molecule has 0 bridgehead atoms. The third-order valence-corrected chi connectivity index (χ3v) is 5.25. The van der Waals surface area contributed by atoms with Crippen molar-refractivity contribution in [1.82, 2.24) is 0 Å². The van der Waals surface area contributed by atoms with Crippen LogP contribution in [0.3, 0.4) is 0 Å². The summed E-state index contributed by atoms with van der Waals surface area (Å²) >= 11 is 6.82. The van der Waals surface area contributed by atoms with Gasteiger partial charge in [0.25, 0.3) is 0 Å². The maximum absolute atomic E-state index is 11.4. The number of nitrogens with two attached hydrogens (primary N) is 1. The fraction of sp³-hybridized carbons (Fsp3) is 0.417. The molecule has 1 aromatic rings. The molecule has 6 heteroatoms. The van der Waals surface area contributed by atoms with E-state index in [2.05, 4.69) is 4.90 Å². The Balaban J connectivity index is 2.37. The smallest absolute Gasteiger partial charge is 0.107 e. The molecule has 1 aliphatic heterocycles. The van der Waals surface area contributed by atoms with Crippen molar-refractivity contribution in [2.24, 2.45) is 5.73 Å². The van der Waals surface area contributed by atoms with Crippen molar-refractivity contribution < 1.29 is 4.21 Å².